The Morgan fingerprint density at radius 3 is 3.11 bits per heavy atom. The molecule has 1 atom stereocenters. The SMILES string of the molecule is CC1CN=C(Nc2cccc3cc(Br)cnc23)S1. The van der Waals surface area contributed by atoms with Crippen LogP contribution in [0.3, 0.4) is 0 Å². The summed E-state index contributed by atoms with van der Waals surface area (Å²) in [7, 11) is 0. The van der Waals surface area contributed by atoms with E-state index in [0.29, 0.717) is 5.25 Å². The number of aliphatic imine (C=N–C) groups is 1. The highest BCUT2D eigenvalue weighted by Gasteiger charge is 2.15. The highest BCUT2D eigenvalue weighted by molar-refractivity contribution is 9.10. The summed E-state index contributed by atoms with van der Waals surface area (Å²) in [5.41, 5.74) is 1.99. The molecule has 0 saturated carbocycles. The molecule has 0 fully saturated rings. The summed E-state index contributed by atoms with van der Waals surface area (Å²) < 4.78 is 0.994. The normalized spacial score (nSPS) is 19.0. The topological polar surface area (TPSA) is 37.3 Å². The summed E-state index contributed by atoms with van der Waals surface area (Å²) in [4.78, 5) is 8.94. The number of rotatable bonds is 1. The Morgan fingerprint density at radius 2 is 2.33 bits per heavy atom. The zero-order valence-corrected chi connectivity index (χ0v) is 12.3. The third-order valence-electron chi connectivity index (χ3n) is 2.72. The number of para-hydroxylation sites is 1. The lowest BCUT2D eigenvalue weighted by molar-refractivity contribution is 0.976. The Hall–Kier alpha value is -1.07. The van der Waals surface area contributed by atoms with E-state index in [1.807, 2.05) is 18.3 Å². The number of fused-ring (bicyclic) bond motifs is 1. The molecule has 5 heteroatoms. The minimum absolute atomic E-state index is 0.560. The first-order chi connectivity index (χ1) is 8.72. The Labute approximate surface area is 118 Å². The van der Waals surface area contributed by atoms with Gasteiger partial charge in [-0.15, -0.1) is 0 Å². The van der Waals surface area contributed by atoms with E-state index in [9.17, 15) is 0 Å². The fourth-order valence-electron chi connectivity index (χ4n) is 1.90. The van der Waals surface area contributed by atoms with Crippen LogP contribution in [0, 0.1) is 0 Å². The lowest BCUT2D eigenvalue weighted by Gasteiger charge is -2.08. The van der Waals surface area contributed by atoms with Gasteiger partial charge in [0.1, 0.15) is 0 Å². The van der Waals surface area contributed by atoms with Crippen molar-refractivity contribution in [2.24, 2.45) is 4.99 Å². The summed E-state index contributed by atoms with van der Waals surface area (Å²) in [5, 5.41) is 6.03. The molecule has 0 amide bonds. The average Bonchev–Trinajstić information content (AvgIpc) is 2.75. The fraction of sp³-hybridized carbons (Fsp3) is 0.231. The van der Waals surface area contributed by atoms with Crippen LogP contribution in [0.25, 0.3) is 10.9 Å². The lowest BCUT2D eigenvalue weighted by Crippen LogP contribution is -2.06. The number of nitrogens with zero attached hydrogens (tertiary/aromatic N) is 2. The van der Waals surface area contributed by atoms with Crippen molar-refractivity contribution in [2.45, 2.75) is 12.2 Å². The van der Waals surface area contributed by atoms with Crippen LogP contribution in [-0.2, 0) is 0 Å². The van der Waals surface area contributed by atoms with Gasteiger partial charge in [0.15, 0.2) is 5.17 Å². The monoisotopic (exact) mass is 321 g/mol. The van der Waals surface area contributed by atoms with E-state index in [1.165, 1.54) is 0 Å². The molecule has 3 nitrogen and oxygen atoms in total. The number of benzene rings is 1. The van der Waals surface area contributed by atoms with Crippen molar-refractivity contribution in [1.29, 1.82) is 0 Å². The van der Waals surface area contributed by atoms with E-state index in [0.717, 1.165) is 32.8 Å². The van der Waals surface area contributed by atoms with Gasteiger partial charge in [-0.05, 0) is 28.1 Å². The molecule has 0 radical (unpaired) electrons. The quantitative estimate of drug-likeness (QED) is 0.865. The Kier molecular flexibility index (Phi) is 3.26. The van der Waals surface area contributed by atoms with Crippen molar-refractivity contribution in [1.82, 2.24) is 4.98 Å². The van der Waals surface area contributed by atoms with Crippen molar-refractivity contribution in [2.75, 3.05) is 11.9 Å². The van der Waals surface area contributed by atoms with E-state index in [-0.39, 0.29) is 0 Å². The van der Waals surface area contributed by atoms with Gasteiger partial charge in [-0.2, -0.15) is 0 Å². The van der Waals surface area contributed by atoms with Gasteiger partial charge in [0.25, 0.3) is 0 Å². The molecule has 0 spiro atoms. The van der Waals surface area contributed by atoms with Gasteiger partial charge in [-0.3, -0.25) is 9.98 Å². The molecule has 1 unspecified atom stereocenters. The number of hydrogen-bond donors (Lipinski definition) is 1. The second-order valence-electron chi connectivity index (χ2n) is 4.23. The van der Waals surface area contributed by atoms with Crippen molar-refractivity contribution >= 4 is 49.4 Å². The van der Waals surface area contributed by atoms with E-state index in [2.05, 4.69) is 50.3 Å². The predicted octanol–water partition coefficient (Wildman–Crippen LogP) is 3.90. The number of amidine groups is 1. The summed E-state index contributed by atoms with van der Waals surface area (Å²) in [6, 6.07) is 8.20. The maximum absolute atomic E-state index is 4.47. The smallest absolute Gasteiger partial charge is 0.161 e. The number of nitrogens with one attached hydrogen (secondary N) is 1. The molecule has 2 aromatic rings. The number of anilines is 1. The molecule has 92 valence electrons. The third kappa shape index (κ3) is 2.37. The van der Waals surface area contributed by atoms with Crippen molar-refractivity contribution in [3.63, 3.8) is 0 Å². The van der Waals surface area contributed by atoms with Gasteiger partial charge < -0.3 is 5.32 Å². The molecule has 0 aliphatic carbocycles. The number of hydrogen-bond acceptors (Lipinski definition) is 4. The molecule has 0 bridgehead atoms. The summed E-state index contributed by atoms with van der Waals surface area (Å²) >= 11 is 5.22. The van der Waals surface area contributed by atoms with E-state index < -0.39 is 0 Å². The van der Waals surface area contributed by atoms with E-state index in [1.54, 1.807) is 11.8 Å². The molecule has 1 aliphatic rings. The molecule has 0 saturated heterocycles. The van der Waals surface area contributed by atoms with Crippen LogP contribution < -0.4 is 5.32 Å². The maximum atomic E-state index is 4.47. The highest BCUT2D eigenvalue weighted by Crippen LogP contribution is 2.27. The molecular formula is C13H12BrN3S. The van der Waals surface area contributed by atoms with Crippen LogP contribution >= 0.6 is 27.7 Å². The first-order valence-corrected chi connectivity index (χ1v) is 7.42. The molecule has 18 heavy (non-hydrogen) atoms. The Morgan fingerprint density at radius 1 is 1.44 bits per heavy atom. The first-order valence-electron chi connectivity index (χ1n) is 5.75. The average molecular weight is 322 g/mol. The summed E-state index contributed by atoms with van der Waals surface area (Å²) in [6.45, 7) is 3.07. The fourth-order valence-corrected chi connectivity index (χ4v) is 3.09. The van der Waals surface area contributed by atoms with Gasteiger partial charge in [-0.1, -0.05) is 30.8 Å². The second kappa shape index (κ2) is 4.90. The van der Waals surface area contributed by atoms with Crippen LogP contribution in [0.4, 0.5) is 5.69 Å². The lowest BCUT2D eigenvalue weighted by atomic mass is 10.2. The molecular weight excluding hydrogens is 310 g/mol. The molecule has 1 aromatic carbocycles. The number of aromatic nitrogens is 1. The Bertz CT molecular complexity index is 627. The second-order valence-corrected chi connectivity index (χ2v) is 6.57. The molecule has 3 rings (SSSR count). The minimum atomic E-state index is 0.560. The first kappa shape index (κ1) is 12.0. The number of pyridine rings is 1. The number of halogens is 1. The third-order valence-corrected chi connectivity index (χ3v) is 4.16. The van der Waals surface area contributed by atoms with Crippen LogP contribution in [0.2, 0.25) is 0 Å². The molecule has 1 N–H and O–H groups in total. The van der Waals surface area contributed by atoms with Crippen LogP contribution in [0.1, 0.15) is 6.92 Å². The van der Waals surface area contributed by atoms with Crippen LogP contribution in [0.5, 0.6) is 0 Å². The van der Waals surface area contributed by atoms with Gasteiger partial charge in [-0.25, -0.2) is 0 Å². The zero-order valence-electron chi connectivity index (χ0n) is 9.85. The molecule has 1 aliphatic heterocycles. The van der Waals surface area contributed by atoms with Crippen molar-refractivity contribution < 1.29 is 0 Å². The largest absolute Gasteiger partial charge is 0.333 e. The molecule has 2 heterocycles. The maximum Gasteiger partial charge on any atom is 0.161 e. The van der Waals surface area contributed by atoms with Gasteiger partial charge in [0.05, 0.1) is 17.7 Å². The summed E-state index contributed by atoms with van der Waals surface area (Å²) in [5.74, 6) is 0. The van der Waals surface area contributed by atoms with Crippen molar-refractivity contribution in [3.8, 4) is 0 Å². The molecule has 1 aromatic heterocycles. The van der Waals surface area contributed by atoms with E-state index >= 15 is 0 Å². The van der Waals surface area contributed by atoms with Gasteiger partial charge in [0, 0.05) is 21.3 Å². The minimum Gasteiger partial charge on any atom is -0.333 e. The van der Waals surface area contributed by atoms with Crippen LogP contribution in [-0.4, -0.2) is 21.9 Å². The van der Waals surface area contributed by atoms with Gasteiger partial charge >= 0.3 is 0 Å². The summed E-state index contributed by atoms with van der Waals surface area (Å²) in [6.07, 6.45) is 1.82. The zero-order chi connectivity index (χ0) is 12.5. The highest BCUT2D eigenvalue weighted by atomic mass is 79.9. The predicted molar refractivity (Wildman–Crippen MR) is 82.4 cm³/mol. The standard InChI is InChI=1S/C13H12BrN3S/c1-8-6-16-13(18-8)17-11-4-2-3-9-5-10(14)7-15-12(9)11/h2-5,7-8H,6H2,1H3,(H,16,17). The number of thioether (sulfide) groups is 1. The van der Waals surface area contributed by atoms with Gasteiger partial charge in [0.2, 0.25) is 0 Å². The van der Waals surface area contributed by atoms with Crippen LogP contribution in [0.15, 0.2) is 39.9 Å². The Balaban J connectivity index is 1.97. The van der Waals surface area contributed by atoms with Crippen molar-refractivity contribution in [3.05, 3.63) is 34.9 Å². The van der Waals surface area contributed by atoms with E-state index in [4.69, 9.17) is 0 Å².